The van der Waals surface area contributed by atoms with Gasteiger partial charge in [0.2, 0.25) is 0 Å². The summed E-state index contributed by atoms with van der Waals surface area (Å²) >= 11 is 0. The summed E-state index contributed by atoms with van der Waals surface area (Å²) in [4.78, 5) is 24.6. The van der Waals surface area contributed by atoms with Crippen LogP contribution in [0.15, 0.2) is 23.8 Å². The number of hydrogen-bond acceptors (Lipinski definition) is 5. The zero-order valence-electron chi connectivity index (χ0n) is 16.4. The van der Waals surface area contributed by atoms with Crippen molar-refractivity contribution in [1.82, 2.24) is 0 Å². The lowest BCUT2D eigenvalue weighted by atomic mass is 9.46. The van der Waals surface area contributed by atoms with Crippen molar-refractivity contribution in [2.45, 2.75) is 57.7 Å². The van der Waals surface area contributed by atoms with Crippen molar-refractivity contribution in [3.8, 4) is 0 Å². The van der Waals surface area contributed by atoms with E-state index in [1.54, 1.807) is 12.2 Å². The Morgan fingerprint density at radius 1 is 1.33 bits per heavy atom. The first-order valence-corrected chi connectivity index (χ1v) is 10.0. The molecule has 148 valence electrons. The van der Waals surface area contributed by atoms with Crippen molar-refractivity contribution in [2.75, 3.05) is 13.7 Å². The average molecular weight is 374 g/mol. The average Bonchev–Trinajstić information content (AvgIpc) is 2.87. The smallest absolute Gasteiger partial charge is 0.190 e. The molecule has 0 aromatic rings. The highest BCUT2D eigenvalue weighted by molar-refractivity contribution is 6.01. The van der Waals surface area contributed by atoms with Gasteiger partial charge in [-0.1, -0.05) is 25.5 Å². The molecular weight excluding hydrogens is 344 g/mol. The number of ether oxygens (including phenoxy) is 1. The molecule has 5 heteroatoms. The summed E-state index contributed by atoms with van der Waals surface area (Å²) in [5, 5.41) is 22.6. The molecule has 0 spiro atoms. The number of rotatable bonds is 3. The molecule has 0 saturated heterocycles. The number of allylic oxidation sites excluding steroid dienone is 4. The van der Waals surface area contributed by atoms with E-state index in [1.165, 1.54) is 7.11 Å². The van der Waals surface area contributed by atoms with Crippen LogP contribution in [0.5, 0.6) is 0 Å². The molecule has 0 aromatic carbocycles. The maximum atomic E-state index is 12.7. The molecule has 5 nitrogen and oxygen atoms in total. The van der Waals surface area contributed by atoms with Gasteiger partial charge in [-0.2, -0.15) is 0 Å². The third kappa shape index (κ3) is 2.41. The lowest BCUT2D eigenvalue weighted by Gasteiger charge is -2.59. The van der Waals surface area contributed by atoms with Gasteiger partial charge in [0.1, 0.15) is 12.2 Å². The van der Waals surface area contributed by atoms with Crippen LogP contribution >= 0.6 is 0 Å². The molecule has 0 heterocycles. The maximum Gasteiger partial charge on any atom is 0.190 e. The Hall–Kier alpha value is -1.30. The Kier molecular flexibility index (Phi) is 4.30. The van der Waals surface area contributed by atoms with Gasteiger partial charge in [-0.05, 0) is 56.1 Å². The molecule has 0 unspecified atom stereocenters. The van der Waals surface area contributed by atoms with Gasteiger partial charge < -0.3 is 14.9 Å². The summed E-state index contributed by atoms with van der Waals surface area (Å²) < 4.78 is 5.02. The van der Waals surface area contributed by atoms with Gasteiger partial charge in [0.25, 0.3) is 0 Å². The van der Waals surface area contributed by atoms with E-state index in [4.69, 9.17) is 4.74 Å². The van der Waals surface area contributed by atoms with E-state index in [9.17, 15) is 19.8 Å². The summed E-state index contributed by atoms with van der Waals surface area (Å²) in [6.45, 7) is 4.01. The van der Waals surface area contributed by atoms with Gasteiger partial charge >= 0.3 is 0 Å². The molecule has 0 aliphatic heterocycles. The topological polar surface area (TPSA) is 83.8 Å². The molecule has 0 amide bonds. The number of carbonyl (C=O) groups excluding carboxylic acids is 2. The number of Topliss-reactive ketones (excluding diaryl/α,β-unsaturated/α-hetero) is 1. The van der Waals surface area contributed by atoms with E-state index >= 15 is 0 Å². The fourth-order valence-corrected chi connectivity index (χ4v) is 7.04. The summed E-state index contributed by atoms with van der Waals surface area (Å²) in [5.41, 5.74) is -1.29. The molecule has 7 atom stereocenters. The fourth-order valence-electron chi connectivity index (χ4n) is 7.04. The van der Waals surface area contributed by atoms with Crippen molar-refractivity contribution in [1.29, 1.82) is 0 Å². The van der Waals surface area contributed by atoms with E-state index in [0.29, 0.717) is 12.8 Å². The first kappa shape index (κ1) is 19.0. The maximum absolute atomic E-state index is 12.7. The predicted octanol–water partition coefficient (Wildman–Crippen LogP) is 2.21. The van der Waals surface area contributed by atoms with Crippen LogP contribution in [-0.4, -0.2) is 47.2 Å². The van der Waals surface area contributed by atoms with E-state index < -0.39 is 17.1 Å². The largest absolute Gasteiger partial charge is 0.393 e. The fraction of sp³-hybridized carbons (Fsp3) is 0.727. The SMILES string of the molecule is COCC(=O)[C@@]1(O)CC[C@H]2[C@@H]3CCC4=CC(=O)C=C[C@]4(C)[C@H]3[C@@H](O)C[C@@]21C. The Labute approximate surface area is 160 Å². The highest BCUT2D eigenvalue weighted by atomic mass is 16.5. The predicted molar refractivity (Wildman–Crippen MR) is 99.8 cm³/mol. The number of methoxy groups -OCH3 is 1. The van der Waals surface area contributed by atoms with Crippen LogP contribution in [0.25, 0.3) is 0 Å². The highest BCUT2D eigenvalue weighted by Crippen LogP contribution is 2.67. The summed E-state index contributed by atoms with van der Waals surface area (Å²) in [6.07, 6.45) is 8.05. The van der Waals surface area contributed by atoms with E-state index in [-0.39, 0.29) is 41.3 Å². The number of ketones is 2. The lowest BCUT2D eigenvalue weighted by Crippen LogP contribution is -2.61. The van der Waals surface area contributed by atoms with Gasteiger partial charge in [-0.25, -0.2) is 0 Å². The molecule has 3 saturated carbocycles. The molecule has 3 fully saturated rings. The van der Waals surface area contributed by atoms with Crippen molar-refractivity contribution in [3.63, 3.8) is 0 Å². The van der Waals surface area contributed by atoms with Crippen LogP contribution < -0.4 is 0 Å². The van der Waals surface area contributed by atoms with Gasteiger partial charge in [0, 0.05) is 23.9 Å². The van der Waals surface area contributed by atoms with Crippen molar-refractivity contribution >= 4 is 11.6 Å². The molecule has 0 aromatic heterocycles. The summed E-state index contributed by atoms with van der Waals surface area (Å²) in [7, 11) is 1.47. The first-order chi connectivity index (χ1) is 12.7. The minimum absolute atomic E-state index is 0.0137. The molecular formula is C22H30O5. The number of fused-ring (bicyclic) bond motifs is 5. The minimum Gasteiger partial charge on any atom is -0.393 e. The first-order valence-electron chi connectivity index (χ1n) is 10.0. The van der Waals surface area contributed by atoms with Crippen LogP contribution in [0.1, 0.15) is 46.0 Å². The number of aliphatic hydroxyl groups is 2. The molecule has 4 aliphatic carbocycles. The standard InChI is InChI=1S/C22H30O5/c1-20-8-6-14(23)10-13(20)4-5-15-16-7-9-22(26,18(25)12-27-3)21(16,2)11-17(24)19(15)20/h6,8,10,15-17,19,24,26H,4-5,7,9,11-12H2,1-3H3/t15-,16-,17-,19+,20-,21-,22-/m0/s1. The van der Waals surface area contributed by atoms with Crippen LogP contribution in [0.4, 0.5) is 0 Å². The number of hydrogen-bond donors (Lipinski definition) is 2. The van der Waals surface area contributed by atoms with Gasteiger partial charge in [-0.15, -0.1) is 0 Å². The van der Waals surface area contributed by atoms with E-state index in [2.05, 4.69) is 6.92 Å². The van der Waals surface area contributed by atoms with Crippen molar-refractivity contribution < 1.29 is 24.5 Å². The van der Waals surface area contributed by atoms with Crippen LogP contribution in [-0.2, 0) is 14.3 Å². The second-order valence-electron chi connectivity index (χ2n) is 9.47. The Balaban J connectivity index is 1.72. The molecule has 2 N–H and O–H groups in total. The monoisotopic (exact) mass is 374 g/mol. The third-order valence-corrected chi connectivity index (χ3v) is 8.38. The second kappa shape index (κ2) is 6.10. The highest BCUT2D eigenvalue weighted by Gasteiger charge is 2.68. The van der Waals surface area contributed by atoms with Gasteiger partial charge in [0.15, 0.2) is 11.6 Å². The lowest BCUT2D eigenvalue weighted by molar-refractivity contribution is -0.179. The molecule has 0 radical (unpaired) electrons. The van der Waals surface area contributed by atoms with Crippen molar-refractivity contribution in [3.05, 3.63) is 23.8 Å². The van der Waals surface area contributed by atoms with Gasteiger partial charge in [-0.3, -0.25) is 9.59 Å². The van der Waals surface area contributed by atoms with Gasteiger partial charge in [0.05, 0.1) is 6.10 Å². The van der Waals surface area contributed by atoms with Crippen LogP contribution in [0, 0.1) is 28.6 Å². The zero-order valence-corrected chi connectivity index (χ0v) is 16.4. The van der Waals surface area contributed by atoms with E-state index in [0.717, 1.165) is 24.8 Å². The summed E-state index contributed by atoms with van der Waals surface area (Å²) in [5.74, 6) is 0.173. The minimum atomic E-state index is -1.44. The molecule has 27 heavy (non-hydrogen) atoms. The summed E-state index contributed by atoms with van der Waals surface area (Å²) in [6, 6.07) is 0. The van der Waals surface area contributed by atoms with Crippen molar-refractivity contribution in [2.24, 2.45) is 28.6 Å². The normalized spacial score (nSPS) is 48.5. The Morgan fingerprint density at radius 2 is 2.07 bits per heavy atom. The van der Waals surface area contributed by atoms with E-state index in [1.807, 2.05) is 13.0 Å². The Morgan fingerprint density at radius 3 is 2.78 bits per heavy atom. The van der Waals surface area contributed by atoms with Crippen LogP contribution in [0.3, 0.4) is 0 Å². The van der Waals surface area contributed by atoms with Crippen LogP contribution in [0.2, 0.25) is 0 Å². The quantitative estimate of drug-likeness (QED) is 0.791. The second-order valence-corrected chi connectivity index (χ2v) is 9.47. The third-order valence-electron chi connectivity index (χ3n) is 8.38. The molecule has 4 aliphatic rings. The Bertz CT molecular complexity index is 739. The number of aliphatic hydroxyl groups excluding tert-OH is 1. The molecule has 0 bridgehead atoms. The molecule has 4 rings (SSSR count). The number of carbonyl (C=O) groups is 2. The zero-order chi connectivity index (χ0) is 19.6.